The van der Waals surface area contributed by atoms with E-state index in [2.05, 4.69) is 10.3 Å². The van der Waals surface area contributed by atoms with Gasteiger partial charge in [-0.2, -0.15) is 0 Å². The number of thiophene rings is 1. The number of nitrogens with one attached hydrogen (secondary N) is 1. The van der Waals surface area contributed by atoms with Crippen LogP contribution < -0.4 is 10.9 Å². The van der Waals surface area contributed by atoms with E-state index in [0.717, 1.165) is 11.3 Å². The maximum Gasteiger partial charge on any atom is 0.348 e. The van der Waals surface area contributed by atoms with Crippen LogP contribution in [0.25, 0.3) is 10.2 Å². The Hall–Kier alpha value is -3.33. The number of nitrogens with zero attached hydrogens (tertiary/aromatic N) is 2. The lowest BCUT2D eigenvalue weighted by Gasteiger charge is -2.15. The van der Waals surface area contributed by atoms with Crippen molar-refractivity contribution >= 4 is 44.9 Å². The van der Waals surface area contributed by atoms with Crippen LogP contribution in [0.15, 0.2) is 35.4 Å². The van der Waals surface area contributed by atoms with E-state index in [1.807, 2.05) is 0 Å². The Morgan fingerprint density at radius 1 is 1.30 bits per heavy atom. The fourth-order valence-corrected chi connectivity index (χ4v) is 4.03. The SMILES string of the molecule is CCOC(=O)c1sc2ncn(C(C)C(=O)Nc3cccc(C(C)=O)c3)c(=O)c2c1C. The Morgan fingerprint density at radius 3 is 2.70 bits per heavy atom. The molecule has 2 heterocycles. The fraction of sp³-hybridized carbons (Fsp3) is 0.286. The molecule has 0 saturated heterocycles. The highest BCUT2D eigenvalue weighted by molar-refractivity contribution is 7.20. The number of aromatic nitrogens is 2. The van der Waals surface area contributed by atoms with E-state index in [4.69, 9.17) is 4.74 Å². The van der Waals surface area contributed by atoms with Crippen LogP contribution >= 0.6 is 11.3 Å². The van der Waals surface area contributed by atoms with Crippen molar-refractivity contribution in [1.29, 1.82) is 0 Å². The third-order valence-corrected chi connectivity index (χ3v) is 5.85. The van der Waals surface area contributed by atoms with Crippen LogP contribution in [0.1, 0.15) is 52.4 Å². The van der Waals surface area contributed by atoms with Crippen molar-refractivity contribution in [2.75, 3.05) is 11.9 Å². The van der Waals surface area contributed by atoms with Crippen molar-refractivity contribution in [2.24, 2.45) is 0 Å². The molecule has 156 valence electrons. The van der Waals surface area contributed by atoms with Crippen LogP contribution in [0, 0.1) is 6.92 Å². The molecule has 0 aliphatic carbocycles. The van der Waals surface area contributed by atoms with Crippen LogP contribution in [0.4, 0.5) is 5.69 Å². The average Bonchev–Trinajstić information content (AvgIpc) is 3.05. The minimum Gasteiger partial charge on any atom is -0.462 e. The number of aryl methyl sites for hydroxylation is 1. The van der Waals surface area contributed by atoms with Crippen molar-refractivity contribution in [3.05, 3.63) is 57.0 Å². The molecule has 1 aromatic carbocycles. The summed E-state index contributed by atoms with van der Waals surface area (Å²) in [4.78, 5) is 54.4. The Bertz CT molecular complexity index is 1210. The summed E-state index contributed by atoms with van der Waals surface area (Å²) in [5.41, 5.74) is 1.01. The number of amides is 1. The van der Waals surface area contributed by atoms with Gasteiger partial charge in [-0.3, -0.25) is 19.0 Å². The molecular weight excluding hydrogens is 406 g/mol. The van der Waals surface area contributed by atoms with E-state index in [1.165, 1.54) is 17.8 Å². The van der Waals surface area contributed by atoms with Gasteiger partial charge in [-0.15, -0.1) is 11.3 Å². The summed E-state index contributed by atoms with van der Waals surface area (Å²) in [6, 6.07) is 5.70. The summed E-state index contributed by atoms with van der Waals surface area (Å²) in [5, 5.41) is 3.01. The second-order valence-corrected chi connectivity index (χ2v) is 7.72. The minimum absolute atomic E-state index is 0.115. The first-order chi connectivity index (χ1) is 14.2. The number of benzene rings is 1. The normalized spacial score (nSPS) is 11.9. The number of hydrogen-bond acceptors (Lipinski definition) is 7. The number of fused-ring (bicyclic) bond motifs is 1. The molecule has 3 rings (SSSR count). The zero-order chi connectivity index (χ0) is 22.0. The predicted molar refractivity (Wildman–Crippen MR) is 114 cm³/mol. The van der Waals surface area contributed by atoms with Gasteiger partial charge in [0, 0.05) is 11.3 Å². The van der Waals surface area contributed by atoms with E-state index < -0.39 is 23.5 Å². The van der Waals surface area contributed by atoms with Crippen molar-refractivity contribution in [3.8, 4) is 0 Å². The molecule has 1 atom stereocenters. The number of hydrogen-bond donors (Lipinski definition) is 1. The lowest BCUT2D eigenvalue weighted by molar-refractivity contribution is -0.118. The molecule has 0 bridgehead atoms. The average molecular weight is 427 g/mol. The van der Waals surface area contributed by atoms with Crippen LogP contribution in [-0.2, 0) is 9.53 Å². The van der Waals surface area contributed by atoms with Crippen LogP contribution in [-0.4, -0.2) is 33.8 Å². The highest BCUT2D eigenvalue weighted by Gasteiger charge is 2.23. The largest absolute Gasteiger partial charge is 0.462 e. The maximum absolute atomic E-state index is 13.0. The smallest absolute Gasteiger partial charge is 0.348 e. The summed E-state index contributed by atoms with van der Waals surface area (Å²) >= 11 is 1.09. The third-order valence-electron chi connectivity index (χ3n) is 4.67. The van der Waals surface area contributed by atoms with Gasteiger partial charge in [-0.05, 0) is 45.4 Å². The number of carbonyl (C=O) groups excluding carboxylic acids is 3. The van der Waals surface area contributed by atoms with Gasteiger partial charge in [0.1, 0.15) is 15.7 Å². The molecule has 0 aliphatic rings. The van der Waals surface area contributed by atoms with Gasteiger partial charge in [-0.25, -0.2) is 9.78 Å². The van der Waals surface area contributed by atoms with Crippen molar-refractivity contribution < 1.29 is 19.1 Å². The highest BCUT2D eigenvalue weighted by atomic mass is 32.1. The lowest BCUT2D eigenvalue weighted by atomic mass is 10.1. The number of carbonyl (C=O) groups is 3. The third kappa shape index (κ3) is 4.02. The summed E-state index contributed by atoms with van der Waals surface area (Å²) in [7, 11) is 0. The molecule has 1 amide bonds. The summed E-state index contributed by atoms with van der Waals surface area (Å²) < 4.78 is 6.26. The van der Waals surface area contributed by atoms with E-state index in [0.29, 0.717) is 31.9 Å². The molecule has 0 saturated carbocycles. The van der Waals surface area contributed by atoms with Gasteiger partial charge in [0.15, 0.2) is 5.78 Å². The van der Waals surface area contributed by atoms with Crippen molar-refractivity contribution in [2.45, 2.75) is 33.7 Å². The molecule has 0 spiro atoms. The lowest BCUT2D eigenvalue weighted by Crippen LogP contribution is -2.31. The van der Waals surface area contributed by atoms with Crippen molar-refractivity contribution in [3.63, 3.8) is 0 Å². The first-order valence-corrected chi connectivity index (χ1v) is 10.2. The molecule has 8 nitrogen and oxygen atoms in total. The second-order valence-electron chi connectivity index (χ2n) is 6.72. The summed E-state index contributed by atoms with van der Waals surface area (Å²) in [6.07, 6.45) is 1.30. The Labute approximate surface area is 176 Å². The second kappa shape index (κ2) is 8.58. The van der Waals surface area contributed by atoms with Gasteiger partial charge in [-0.1, -0.05) is 12.1 Å². The van der Waals surface area contributed by atoms with Gasteiger partial charge < -0.3 is 10.1 Å². The molecular formula is C21H21N3O5S. The molecule has 1 N–H and O–H groups in total. The molecule has 0 aliphatic heterocycles. The molecule has 3 aromatic rings. The molecule has 1 unspecified atom stereocenters. The fourth-order valence-electron chi connectivity index (χ4n) is 2.99. The van der Waals surface area contributed by atoms with Crippen molar-refractivity contribution in [1.82, 2.24) is 9.55 Å². The standard InChI is InChI=1S/C21H21N3O5S/c1-5-29-21(28)17-11(2)16-19(30-17)22-10-24(20(16)27)12(3)18(26)23-15-8-6-7-14(9-15)13(4)25/h6-10,12H,5H2,1-4H3,(H,23,26). The highest BCUT2D eigenvalue weighted by Crippen LogP contribution is 2.28. The molecule has 0 fully saturated rings. The van der Waals surface area contributed by atoms with E-state index in [1.54, 1.807) is 45.0 Å². The minimum atomic E-state index is -0.860. The zero-order valence-electron chi connectivity index (χ0n) is 17.0. The Morgan fingerprint density at radius 2 is 2.03 bits per heavy atom. The van der Waals surface area contributed by atoms with Gasteiger partial charge in [0.25, 0.3) is 5.56 Å². The summed E-state index contributed by atoms with van der Waals surface area (Å²) in [5.74, 6) is -1.05. The number of anilines is 1. The maximum atomic E-state index is 13.0. The number of ketones is 1. The van der Waals surface area contributed by atoms with Gasteiger partial charge >= 0.3 is 5.97 Å². The van der Waals surface area contributed by atoms with E-state index in [9.17, 15) is 19.2 Å². The zero-order valence-corrected chi connectivity index (χ0v) is 17.8. The van der Waals surface area contributed by atoms with E-state index in [-0.39, 0.29) is 12.4 Å². The first kappa shape index (κ1) is 21.4. The monoisotopic (exact) mass is 427 g/mol. The topological polar surface area (TPSA) is 107 Å². The molecule has 30 heavy (non-hydrogen) atoms. The molecule has 9 heteroatoms. The van der Waals surface area contributed by atoms with Gasteiger partial charge in [0.05, 0.1) is 18.3 Å². The number of rotatable bonds is 6. The predicted octanol–water partition coefficient (Wildman–Crippen LogP) is 3.35. The Kier molecular flexibility index (Phi) is 6.12. The van der Waals surface area contributed by atoms with Crippen LogP contribution in [0.5, 0.6) is 0 Å². The summed E-state index contributed by atoms with van der Waals surface area (Å²) in [6.45, 7) is 6.62. The van der Waals surface area contributed by atoms with E-state index >= 15 is 0 Å². The van der Waals surface area contributed by atoms with Gasteiger partial charge in [0.2, 0.25) is 5.91 Å². The quantitative estimate of drug-likeness (QED) is 0.478. The number of ether oxygens (including phenoxy) is 1. The molecule has 0 radical (unpaired) electrons. The molecule has 2 aromatic heterocycles. The van der Waals surface area contributed by atoms with Crippen LogP contribution in [0.3, 0.4) is 0 Å². The first-order valence-electron chi connectivity index (χ1n) is 9.33. The number of esters is 1. The Balaban J connectivity index is 1.93. The van der Waals surface area contributed by atoms with Crippen LogP contribution in [0.2, 0.25) is 0 Å². The number of Topliss-reactive ketones (excluding diaryl/α,β-unsaturated/α-hetero) is 1.